The molecule has 0 radical (unpaired) electrons. The van der Waals surface area contributed by atoms with Crippen molar-refractivity contribution in [2.45, 2.75) is 26.3 Å². The number of anilines is 1. The van der Waals surface area contributed by atoms with Gasteiger partial charge in [-0.15, -0.1) is 24.8 Å². The maximum absolute atomic E-state index is 11.9. The Morgan fingerprint density at radius 3 is 2.64 bits per heavy atom. The second-order valence-corrected chi connectivity index (χ2v) is 4.72. The van der Waals surface area contributed by atoms with Gasteiger partial charge in [0.05, 0.1) is 5.56 Å². The Kier molecular flexibility index (Phi) is 9.29. The van der Waals surface area contributed by atoms with Crippen molar-refractivity contribution in [2.75, 3.05) is 12.3 Å². The first kappa shape index (κ1) is 20.3. The third-order valence-electron chi connectivity index (χ3n) is 3.24. The molecule has 0 bridgehead atoms. The van der Waals surface area contributed by atoms with Crippen LogP contribution in [0.5, 0.6) is 0 Å². The van der Waals surface area contributed by atoms with Crippen molar-refractivity contribution in [1.29, 1.82) is 0 Å². The average Bonchev–Trinajstić information content (AvgIpc) is 2.84. The highest BCUT2D eigenvalue weighted by Gasteiger charge is 2.07. The number of unbranched alkanes of at least 4 members (excludes halogenated alkanes) is 1. The lowest BCUT2D eigenvalue weighted by molar-refractivity contribution is 0.0953. The standard InChI is InChI=1S/C15H20N4O.2ClH/c1-12-17-9-11-19(12)10-5-4-8-18-15(20)13-6-2-3-7-14(13)16;;/h2-3,6-7,9,11H,4-5,8,10,16H2,1H3,(H,18,20);2*1H. The number of para-hydroxylation sites is 1. The van der Waals surface area contributed by atoms with Gasteiger partial charge in [-0.05, 0) is 31.9 Å². The molecule has 5 nitrogen and oxygen atoms in total. The molecule has 1 aromatic heterocycles. The average molecular weight is 345 g/mol. The molecule has 7 heteroatoms. The first-order valence-electron chi connectivity index (χ1n) is 6.79. The van der Waals surface area contributed by atoms with Gasteiger partial charge in [0.2, 0.25) is 0 Å². The molecule has 0 aliphatic heterocycles. The highest BCUT2D eigenvalue weighted by Crippen LogP contribution is 2.09. The number of carbonyl (C=O) groups is 1. The van der Waals surface area contributed by atoms with Crippen LogP contribution in [0.1, 0.15) is 29.0 Å². The molecule has 122 valence electrons. The summed E-state index contributed by atoms with van der Waals surface area (Å²) in [5.74, 6) is 0.910. The molecule has 0 saturated heterocycles. The van der Waals surface area contributed by atoms with E-state index in [9.17, 15) is 4.79 Å². The van der Waals surface area contributed by atoms with E-state index in [0.29, 0.717) is 17.8 Å². The maximum atomic E-state index is 11.9. The van der Waals surface area contributed by atoms with Gasteiger partial charge in [0.15, 0.2) is 0 Å². The van der Waals surface area contributed by atoms with Crippen LogP contribution in [-0.2, 0) is 6.54 Å². The first-order chi connectivity index (χ1) is 9.68. The highest BCUT2D eigenvalue weighted by molar-refractivity contribution is 5.99. The molecular formula is C15H22Cl2N4O. The van der Waals surface area contributed by atoms with Crippen LogP contribution in [-0.4, -0.2) is 22.0 Å². The lowest BCUT2D eigenvalue weighted by Crippen LogP contribution is -2.25. The van der Waals surface area contributed by atoms with Crippen molar-refractivity contribution in [2.24, 2.45) is 0 Å². The largest absolute Gasteiger partial charge is 0.398 e. The van der Waals surface area contributed by atoms with Gasteiger partial charge in [0.1, 0.15) is 5.82 Å². The molecule has 0 saturated carbocycles. The number of carbonyl (C=O) groups excluding carboxylic acids is 1. The van der Waals surface area contributed by atoms with Gasteiger partial charge in [0, 0.05) is 31.2 Å². The normalized spacial score (nSPS) is 9.50. The van der Waals surface area contributed by atoms with Crippen LogP contribution in [0, 0.1) is 6.92 Å². The Balaban J connectivity index is 0.00000220. The Labute approximate surface area is 143 Å². The van der Waals surface area contributed by atoms with E-state index in [1.165, 1.54) is 0 Å². The fourth-order valence-electron chi connectivity index (χ4n) is 2.05. The van der Waals surface area contributed by atoms with Gasteiger partial charge in [-0.1, -0.05) is 12.1 Å². The topological polar surface area (TPSA) is 72.9 Å². The Morgan fingerprint density at radius 2 is 2.00 bits per heavy atom. The zero-order valence-electron chi connectivity index (χ0n) is 12.5. The van der Waals surface area contributed by atoms with Gasteiger partial charge >= 0.3 is 0 Å². The molecule has 2 aromatic rings. The molecule has 1 amide bonds. The van der Waals surface area contributed by atoms with Crippen LogP contribution in [0.4, 0.5) is 5.69 Å². The molecule has 0 unspecified atom stereocenters. The van der Waals surface area contributed by atoms with Crippen LogP contribution in [0.3, 0.4) is 0 Å². The smallest absolute Gasteiger partial charge is 0.253 e. The third kappa shape index (κ3) is 5.58. The van der Waals surface area contributed by atoms with Gasteiger partial charge in [-0.2, -0.15) is 0 Å². The molecule has 2 rings (SSSR count). The number of hydrogen-bond donors (Lipinski definition) is 2. The summed E-state index contributed by atoms with van der Waals surface area (Å²) in [6, 6.07) is 7.10. The van der Waals surface area contributed by atoms with E-state index in [-0.39, 0.29) is 30.7 Å². The Morgan fingerprint density at radius 1 is 1.27 bits per heavy atom. The number of nitrogen functional groups attached to an aromatic ring is 1. The van der Waals surface area contributed by atoms with Crippen molar-refractivity contribution in [3.05, 3.63) is 48.0 Å². The fraction of sp³-hybridized carbons (Fsp3) is 0.333. The van der Waals surface area contributed by atoms with E-state index in [4.69, 9.17) is 5.73 Å². The summed E-state index contributed by atoms with van der Waals surface area (Å²) in [4.78, 5) is 16.1. The van der Waals surface area contributed by atoms with E-state index < -0.39 is 0 Å². The quantitative estimate of drug-likeness (QED) is 0.625. The zero-order chi connectivity index (χ0) is 14.4. The number of hydrogen-bond acceptors (Lipinski definition) is 3. The SMILES string of the molecule is Cc1nccn1CCCCNC(=O)c1ccccc1N.Cl.Cl. The van der Waals surface area contributed by atoms with Crippen molar-refractivity contribution < 1.29 is 4.79 Å². The Hall–Kier alpha value is -1.72. The highest BCUT2D eigenvalue weighted by atomic mass is 35.5. The molecule has 0 spiro atoms. The number of benzene rings is 1. The predicted octanol–water partition coefficient (Wildman–Crippen LogP) is 2.83. The number of halogens is 2. The molecule has 3 N–H and O–H groups in total. The van der Waals surface area contributed by atoms with Crippen molar-refractivity contribution in [3.63, 3.8) is 0 Å². The van der Waals surface area contributed by atoms with E-state index in [2.05, 4.69) is 14.9 Å². The van der Waals surface area contributed by atoms with Gasteiger partial charge in [-0.3, -0.25) is 4.79 Å². The molecule has 0 aliphatic rings. The lowest BCUT2D eigenvalue weighted by Gasteiger charge is -2.08. The molecule has 22 heavy (non-hydrogen) atoms. The van der Waals surface area contributed by atoms with Crippen molar-refractivity contribution >= 4 is 36.4 Å². The molecule has 0 aliphatic carbocycles. The summed E-state index contributed by atoms with van der Waals surface area (Å²) in [6.45, 7) is 3.57. The molecular weight excluding hydrogens is 323 g/mol. The van der Waals surface area contributed by atoms with Crippen LogP contribution < -0.4 is 11.1 Å². The van der Waals surface area contributed by atoms with Crippen LogP contribution in [0.25, 0.3) is 0 Å². The fourth-order valence-corrected chi connectivity index (χ4v) is 2.05. The second-order valence-electron chi connectivity index (χ2n) is 4.72. The first-order valence-corrected chi connectivity index (χ1v) is 6.79. The van der Waals surface area contributed by atoms with Crippen molar-refractivity contribution in [1.82, 2.24) is 14.9 Å². The molecule has 1 aromatic carbocycles. The number of rotatable bonds is 6. The number of imidazole rings is 1. The van der Waals surface area contributed by atoms with Crippen LogP contribution >= 0.6 is 24.8 Å². The van der Waals surface area contributed by atoms with E-state index in [0.717, 1.165) is 25.2 Å². The van der Waals surface area contributed by atoms with E-state index >= 15 is 0 Å². The Bertz CT molecular complexity index is 586. The van der Waals surface area contributed by atoms with Gasteiger partial charge in [-0.25, -0.2) is 4.98 Å². The summed E-state index contributed by atoms with van der Waals surface area (Å²) in [5.41, 5.74) is 6.81. The summed E-state index contributed by atoms with van der Waals surface area (Å²) < 4.78 is 2.11. The summed E-state index contributed by atoms with van der Waals surface area (Å²) in [6.07, 6.45) is 5.70. The molecule has 1 heterocycles. The number of nitrogens with zero attached hydrogens (tertiary/aromatic N) is 2. The monoisotopic (exact) mass is 344 g/mol. The molecule has 0 atom stereocenters. The lowest BCUT2D eigenvalue weighted by atomic mass is 10.1. The van der Waals surface area contributed by atoms with Gasteiger partial charge in [0.25, 0.3) is 5.91 Å². The van der Waals surface area contributed by atoms with E-state index in [1.807, 2.05) is 25.3 Å². The number of nitrogens with one attached hydrogen (secondary N) is 1. The summed E-state index contributed by atoms with van der Waals surface area (Å²) in [5, 5.41) is 2.89. The summed E-state index contributed by atoms with van der Waals surface area (Å²) in [7, 11) is 0. The van der Waals surface area contributed by atoms with Crippen LogP contribution in [0.15, 0.2) is 36.7 Å². The van der Waals surface area contributed by atoms with Crippen molar-refractivity contribution in [3.8, 4) is 0 Å². The minimum absolute atomic E-state index is 0. The maximum Gasteiger partial charge on any atom is 0.253 e. The molecule has 0 fully saturated rings. The minimum atomic E-state index is -0.109. The van der Waals surface area contributed by atoms with E-state index in [1.54, 1.807) is 18.3 Å². The number of nitrogens with two attached hydrogens (primary N) is 1. The second kappa shape index (κ2) is 10.1. The zero-order valence-corrected chi connectivity index (χ0v) is 14.1. The minimum Gasteiger partial charge on any atom is -0.398 e. The van der Waals surface area contributed by atoms with Gasteiger partial charge < -0.3 is 15.6 Å². The number of amides is 1. The number of aryl methyl sites for hydroxylation is 2. The predicted molar refractivity (Wildman–Crippen MR) is 93.9 cm³/mol. The van der Waals surface area contributed by atoms with Crippen LogP contribution in [0.2, 0.25) is 0 Å². The summed E-state index contributed by atoms with van der Waals surface area (Å²) >= 11 is 0. The third-order valence-corrected chi connectivity index (χ3v) is 3.24. The number of aromatic nitrogens is 2.